The van der Waals surface area contributed by atoms with E-state index in [-0.39, 0.29) is 123 Å². The smallest absolute Gasteiger partial charge is 0.316 e. The standard InChI is InChI=1S/Ag.Al.Ce.Li.Mg.6H. The van der Waals surface area contributed by atoms with Crippen LogP contribution in [0.4, 0.5) is 0 Å². The van der Waals surface area contributed by atoms with Gasteiger partial charge in [-0.2, -0.15) is 0 Å². The SMILES string of the molecule is [Ag].[AlH3].[Ce].[LiH].[MgH2]. The summed E-state index contributed by atoms with van der Waals surface area (Å²) in [5.74, 6) is 0. The molecule has 0 saturated heterocycles. The van der Waals surface area contributed by atoms with Gasteiger partial charge in [0.25, 0.3) is 0 Å². The van der Waals surface area contributed by atoms with Crippen molar-refractivity contribution in [2.24, 2.45) is 0 Å². The van der Waals surface area contributed by atoms with E-state index in [1.165, 1.54) is 0 Å². The minimum Gasteiger partial charge on any atom is 0.316 e. The molecule has 0 spiro atoms. The molecule has 0 heterocycles. The first-order valence-electron chi connectivity index (χ1n) is 0. The number of rotatable bonds is 0. The third-order valence-electron chi connectivity index (χ3n) is 0. The van der Waals surface area contributed by atoms with Gasteiger partial charge in [-0.15, -0.1) is 0 Å². The third kappa shape index (κ3) is 18.0. The molecule has 0 atom stereocenters. The van der Waals surface area contributed by atoms with Crippen LogP contribution in [0.3, 0.4) is 0 Å². The van der Waals surface area contributed by atoms with Crippen LogP contribution in [-0.2, 0) is 22.4 Å². The average molecular weight is 312 g/mol. The molecule has 1 radical (unpaired) electrons. The van der Waals surface area contributed by atoms with E-state index >= 15 is 0 Å². The second-order valence-corrected chi connectivity index (χ2v) is 0. The van der Waals surface area contributed by atoms with Crippen LogP contribution in [0.1, 0.15) is 0 Å². The van der Waals surface area contributed by atoms with Gasteiger partial charge in [0.05, 0.1) is 0 Å². The van der Waals surface area contributed by atoms with E-state index in [9.17, 15) is 0 Å². The fourth-order valence-electron chi connectivity index (χ4n) is 0. The second-order valence-electron chi connectivity index (χ2n) is 0. The molecule has 0 rings (SSSR count). The fraction of sp³-hybridized carbons (Fsp3) is 0. The average Bonchev–Trinajstić information content (AvgIpc) is 0. The normalized spacial score (nSPS) is 0. The molecule has 0 aromatic carbocycles. The molecule has 0 aliphatic carbocycles. The van der Waals surface area contributed by atoms with E-state index in [1.54, 1.807) is 0 Å². The molecule has 0 fully saturated rings. The maximum atomic E-state index is 0. The Labute approximate surface area is 120 Å². The van der Waals surface area contributed by atoms with Crippen LogP contribution in [-0.4, -0.2) is 59.3 Å². The Hall–Kier alpha value is 4.01. The van der Waals surface area contributed by atoms with Crippen molar-refractivity contribution in [3.05, 3.63) is 0 Å². The molecule has 0 bridgehead atoms. The van der Waals surface area contributed by atoms with Gasteiger partial charge in [0, 0.05) is 64.1 Å². The molecule has 0 aliphatic rings. The van der Waals surface area contributed by atoms with Crippen LogP contribution in [0.25, 0.3) is 0 Å². The van der Waals surface area contributed by atoms with Crippen LogP contribution < -0.4 is 0 Å². The maximum Gasteiger partial charge on any atom is 0.316 e. The molecule has 0 amide bonds. The van der Waals surface area contributed by atoms with Gasteiger partial charge in [-0.05, 0) is 0 Å². The van der Waals surface area contributed by atoms with Gasteiger partial charge < -0.3 is 0 Å². The zero-order valence-corrected chi connectivity index (χ0v) is 5.42. The number of hydrogen-bond donors (Lipinski definition) is 0. The maximum absolute atomic E-state index is 0. The van der Waals surface area contributed by atoms with Gasteiger partial charge in [0.15, 0.2) is 17.4 Å². The first-order chi connectivity index (χ1) is 0. The Morgan fingerprint density at radius 3 is 1.00 bits per heavy atom. The van der Waals surface area contributed by atoms with Crippen molar-refractivity contribution in [1.29, 1.82) is 0 Å². The summed E-state index contributed by atoms with van der Waals surface area (Å²) >= 11 is 0. The molecule has 0 nitrogen and oxygen atoms in total. The summed E-state index contributed by atoms with van der Waals surface area (Å²) in [6, 6.07) is 0. The summed E-state index contributed by atoms with van der Waals surface area (Å²) in [6.45, 7) is 0. The largest absolute Gasteiger partial charge is 0.316 e. The van der Waals surface area contributed by atoms with Gasteiger partial charge in [-0.25, -0.2) is 0 Å². The quantitative estimate of drug-likeness (QED) is 0.426. The zero-order chi connectivity index (χ0) is 0. The molecule has 0 saturated carbocycles. The Bertz CT molecular complexity index is 11.6. The van der Waals surface area contributed by atoms with Crippen LogP contribution in [0.5, 0.6) is 0 Å². The molecule has 5 heteroatoms. The van der Waals surface area contributed by atoms with Crippen LogP contribution >= 0.6 is 0 Å². The summed E-state index contributed by atoms with van der Waals surface area (Å²) in [7, 11) is 0. The van der Waals surface area contributed by atoms with E-state index in [0.29, 0.717) is 0 Å². The Morgan fingerprint density at radius 1 is 1.00 bits per heavy atom. The molecule has 0 aromatic rings. The first kappa shape index (κ1) is 35.9. The summed E-state index contributed by atoms with van der Waals surface area (Å²) in [5, 5.41) is 0. The third-order valence-corrected chi connectivity index (χ3v) is 0. The van der Waals surface area contributed by atoms with Crippen molar-refractivity contribution in [3.8, 4) is 0 Å². The monoisotopic (exact) mass is 311 g/mol. The van der Waals surface area contributed by atoms with E-state index in [1.807, 2.05) is 0 Å². The van der Waals surface area contributed by atoms with Crippen molar-refractivity contribution in [2.45, 2.75) is 0 Å². The Kier molecular flexibility index (Phi) is 176. The molecule has 0 aromatic heterocycles. The van der Waals surface area contributed by atoms with E-state index in [2.05, 4.69) is 0 Å². The van der Waals surface area contributed by atoms with Crippen molar-refractivity contribution >= 4 is 59.3 Å². The van der Waals surface area contributed by atoms with Crippen molar-refractivity contribution < 1.29 is 64.1 Å². The summed E-state index contributed by atoms with van der Waals surface area (Å²) in [5.41, 5.74) is 0. The van der Waals surface area contributed by atoms with Gasteiger partial charge in [-0.3, -0.25) is 0 Å². The minimum atomic E-state index is 0. The van der Waals surface area contributed by atoms with Crippen LogP contribution in [0, 0.1) is 41.7 Å². The molecule has 5 heavy (non-hydrogen) atoms. The van der Waals surface area contributed by atoms with Crippen LogP contribution in [0.15, 0.2) is 0 Å². The number of hydrogen-bond acceptors (Lipinski definition) is 0. The predicted octanol–water partition coefficient (Wildman–Crippen LogP) is -2.75. The van der Waals surface area contributed by atoms with Gasteiger partial charge >= 0.3 is 41.9 Å². The van der Waals surface area contributed by atoms with Gasteiger partial charge in [-0.1, -0.05) is 0 Å². The molecular weight excluding hydrogens is 306 g/mol. The van der Waals surface area contributed by atoms with E-state index < -0.39 is 0 Å². The second kappa shape index (κ2) is 24.5. The zero-order valence-electron chi connectivity index (χ0n) is 0.802. The summed E-state index contributed by atoms with van der Waals surface area (Å²) in [4.78, 5) is 0. The molecule has 0 aliphatic heterocycles. The minimum absolute atomic E-state index is 0. The van der Waals surface area contributed by atoms with Crippen molar-refractivity contribution in [1.82, 2.24) is 0 Å². The van der Waals surface area contributed by atoms with Crippen LogP contribution in [0.2, 0.25) is 0 Å². The Morgan fingerprint density at radius 2 is 1.00 bits per heavy atom. The van der Waals surface area contributed by atoms with E-state index in [0.717, 1.165) is 0 Å². The summed E-state index contributed by atoms with van der Waals surface area (Å²) < 4.78 is 0. The van der Waals surface area contributed by atoms with Crippen molar-refractivity contribution in [2.75, 3.05) is 0 Å². The van der Waals surface area contributed by atoms with Gasteiger partial charge in [0.1, 0.15) is 0 Å². The Balaban J connectivity index is 0. The molecule has 0 N–H and O–H groups in total. The molecule has 27 valence electrons. The first-order valence-corrected chi connectivity index (χ1v) is 0. The molecule has 0 unspecified atom stereocenters. The fourth-order valence-corrected chi connectivity index (χ4v) is 0. The predicted molar refractivity (Wildman–Crippen MR) is 25.6 cm³/mol. The van der Waals surface area contributed by atoms with Gasteiger partial charge in [0.2, 0.25) is 0 Å². The summed E-state index contributed by atoms with van der Waals surface area (Å²) in [6.07, 6.45) is 0. The van der Waals surface area contributed by atoms with E-state index in [4.69, 9.17) is 0 Å². The molecular formula is H6AgAlCeLiMg. The van der Waals surface area contributed by atoms with Crippen molar-refractivity contribution in [3.63, 3.8) is 0 Å². The topological polar surface area (TPSA) is 0 Å².